The third-order valence-electron chi connectivity index (χ3n) is 5.73. The minimum absolute atomic E-state index is 0.144. The van der Waals surface area contributed by atoms with Gasteiger partial charge < -0.3 is 21.2 Å². The molecule has 186 valence electrons. The van der Waals surface area contributed by atoms with Gasteiger partial charge in [0.1, 0.15) is 7.63 Å². The number of amides is 5. The summed E-state index contributed by atoms with van der Waals surface area (Å²) in [5.41, 5.74) is 4.99. The van der Waals surface area contributed by atoms with Crippen molar-refractivity contribution >= 4 is 35.8 Å². The quantitative estimate of drug-likeness (QED) is 0.176. The van der Waals surface area contributed by atoms with E-state index >= 15 is 0 Å². The standard InChI is InChI=1S/C23H38N4O6/c1-15(2)21(18(29)13-17(14-28)8-7-10-25-23(24)33)26-19(30)9-5-4-6-11-27-20(31)12-16(3)22(27)32/h14-17,21H,4-13H2,1-3H3,(H,26,30)(H3,24,25,33)/t16?,17-,21+/m1/s1/i14D. The Morgan fingerprint density at radius 1 is 1.21 bits per heavy atom. The molecule has 0 aromatic carbocycles. The first-order chi connectivity index (χ1) is 15.9. The summed E-state index contributed by atoms with van der Waals surface area (Å²) in [4.78, 5) is 72.5. The number of urea groups is 1. The van der Waals surface area contributed by atoms with Crippen molar-refractivity contribution in [2.24, 2.45) is 23.5 Å². The van der Waals surface area contributed by atoms with Crippen LogP contribution in [0.3, 0.4) is 0 Å². The Morgan fingerprint density at radius 3 is 2.45 bits per heavy atom. The fourth-order valence-corrected chi connectivity index (χ4v) is 3.81. The zero-order valence-electron chi connectivity index (χ0n) is 20.9. The number of aldehydes is 1. The van der Waals surface area contributed by atoms with Gasteiger partial charge in [-0.05, 0) is 31.6 Å². The van der Waals surface area contributed by atoms with E-state index in [0.29, 0.717) is 32.2 Å². The van der Waals surface area contributed by atoms with Crippen molar-refractivity contribution in [3.05, 3.63) is 0 Å². The Balaban J connectivity index is 2.44. The molecule has 1 rings (SSSR count). The average molecular weight is 468 g/mol. The number of imide groups is 1. The third-order valence-corrected chi connectivity index (χ3v) is 5.73. The SMILES string of the molecule is [2H]C(=O)[C@H](CCCNC(N)=O)CC(=O)[C@@H](NC(=O)CCCCCN1C(=O)CC(C)C1=O)C(C)C. The number of carbonyl (C=O) groups is 6. The molecule has 10 heteroatoms. The molecule has 0 aromatic rings. The number of ketones is 1. The smallest absolute Gasteiger partial charge is 0.312 e. The van der Waals surface area contributed by atoms with Gasteiger partial charge in [0.15, 0.2) is 5.78 Å². The van der Waals surface area contributed by atoms with Crippen LogP contribution in [0.15, 0.2) is 0 Å². The Kier molecular flexibility index (Phi) is 11.5. The molecule has 5 amide bonds. The fraction of sp³-hybridized carbons (Fsp3) is 0.739. The number of hydrogen-bond acceptors (Lipinski definition) is 6. The molecule has 0 spiro atoms. The number of carbonyl (C=O) groups excluding carboxylic acids is 6. The third kappa shape index (κ3) is 10.1. The first-order valence-electron chi connectivity index (χ1n) is 12.1. The second-order valence-corrected chi connectivity index (χ2v) is 9.01. The number of rotatable bonds is 16. The molecule has 4 N–H and O–H groups in total. The summed E-state index contributed by atoms with van der Waals surface area (Å²) in [5.74, 6) is -2.15. The van der Waals surface area contributed by atoms with Crippen LogP contribution in [0.25, 0.3) is 0 Å². The van der Waals surface area contributed by atoms with Crippen LogP contribution in [0.5, 0.6) is 0 Å². The van der Waals surface area contributed by atoms with E-state index in [1.807, 2.05) is 0 Å². The molecule has 1 heterocycles. The second kappa shape index (κ2) is 14.4. The van der Waals surface area contributed by atoms with Crippen LogP contribution in [-0.2, 0) is 24.0 Å². The Bertz CT molecular complexity index is 773. The van der Waals surface area contributed by atoms with Crippen molar-refractivity contribution in [3.8, 4) is 0 Å². The molecular formula is C23H38N4O6. The molecule has 33 heavy (non-hydrogen) atoms. The number of likely N-dealkylation sites (tertiary alicyclic amines) is 1. The molecule has 1 unspecified atom stereocenters. The van der Waals surface area contributed by atoms with Crippen molar-refractivity contribution in [2.45, 2.75) is 78.2 Å². The maximum Gasteiger partial charge on any atom is 0.312 e. The van der Waals surface area contributed by atoms with Crippen LogP contribution < -0.4 is 16.4 Å². The predicted octanol–water partition coefficient (Wildman–Crippen LogP) is 1.31. The normalized spacial score (nSPS) is 18.1. The van der Waals surface area contributed by atoms with Gasteiger partial charge in [-0.15, -0.1) is 0 Å². The highest BCUT2D eigenvalue weighted by molar-refractivity contribution is 6.03. The van der Waals surface area contributed by atoms with Crippen LogP contribution in [0, 0.1) is 17.8 Å². The summed E-state index contributed by atoms with van der Waals surface area (Å²) in [7, 11) is 0. The number of Topliss-reactive ketones (excluding diaryl/α,β-unsaturated/α-hetero) is 1. The summed E-state index contributed by atoms with van der Waals surface area (Å²) in [6, 6.07) is -1.44. The van der Waals surface area contributed by atoms with Gasteiger partial charge >= 0.3 is 6.03 Å². The topological polar surface area (TPSA) is 156 Å². The van der Waals surface area contributed by atoms with E-state index in [9.17, 15) is 28.8 Å². The Labute approximate surface area is 196 Å². The van der Waals surface area contributed by atoms with Gasteiger partial charge in [-0.25, -0.2) is 4.79 Å². The highest BCUT2D eigenvalue weighted by atomic mass is 16.2. The first-order valence-corrected chi connectivity index (χ1v) is 11.6. The molecule has 3 atom stereocenters. The Morgan fingerprint density at radius 2 is 1.91 bits per heavy atom. The minimum Gasteiger partial charge on any atom is -0.352 e. The molecular weight excluding hydrogens is 428 g/mol. The lowest BCUT2D eigenvalue weighted by Gasteiger charge is -2.22. The summed E-state index contributed by atoms with van der Waals surface area (Å²) < 4.78 is 7.43. The first kappa shape index (κ1) is 26.5. The second-order valence-electron chi connectivity index (χ2n) is 9.01. The number of hydrogen-bond donors (Lipinski definition) is 3. The zero-order valence-corrected chi connectivity index (χ0v) is 19.9. The van der Waals surface area contributed by atoms with Crippen molar-refractivity contribution in [1.82, 2.24) is 15.5 Å². The number of unbranched alkanes of at least 4 members (excludes halogenated alkanes) is 2. The average Bonchev–Trinajstić information content (AvgIpc) is 2.98. The lowest BCUT2D eigenvalue weighted by atomic mass is 9.90. The van der Waals surface area contributed by atoms with E-state index in [1.165, 1.54) is 4.90 Å². The van der Waals surface area contributed by atoms with Gasteiger partial charge in [-0.3, -0.25) is 24.1 Å². The van der Waals surface area contributed by atoms with Gasteiger partial charge in [-0.1, -0.05) is 27.2 Å². The van der Waals surface area contributed by atoms with Crippen LogP contribution in [0.1, 0.15) is 73.5 Å². The van der Waals surface area contributed by atoms with Crippen LogP contribution in [0.2, 0.25) is 0 Å². The molecule has 0 aromatic heterocycles. The highest BCUT2D eigenvalue weighted by Crippen LogP contribution is 2.19. The fourth-order valence-electron chi connectivity index (χ4n) is 3.81. The van der Waals surface area contributed by atoms with Gasteiger partial charge in [0.25, 0.3) is 0 Å². The lowest BCUT2D eigenvalue weighted by Crippen LogP contribution is -2.45. The van der Waals surface area contributed by atoms with E-state index in [4.69, 9.17) is 7.10 Å². The summed E-state index contributed by atoms with van der Waals surface area (Å²) in [6.45, 7) is 5.93. The van der Waals surface area contributed by atoms with Crippen molar-refractivity contribution in [1.29, 1.82) is 0 Å². The van der Waals surface area contributed by atoms with Gasteiger partial charge in [0, 0.05) is 44.2 Å². The van der Waals surface area contributed by atoms with Crippen molar-refractivity contribution < 1.29 is 30.1 Å². The molecule has 1 aliphatic rings. The number of primary amides is 1. The lowest BCUT2D eigenvalue weighted by molar-refractivity contribution is -0.139. The molecule has 1 fully saturated rings. The highest BCUT2D eigenvalue weighted by Gasteiger charge is 2.34. The molecule has 10 nitrogen and oxygen atoms in total. The van der Waals surface area contributed by atoms with E-state index in [-0.39, 0.29) is 67.6 Å². The van der Waals surface area contributed by atoms with Crippen LogP contribution in [0.4, 0.5) is 4.79 Å². The molecule has 1 aliphatic heterocycles. The molecule has 0 aliphatic carbocycles. The van der Waals surface area contributed by atoms with E-state index in [2.05, 4.69) is 10.6 Å². The van der Waals surface area contributed by atoms with Gasteiger partial charge in [0.05, 0.1) is 6.04 Å². The predicted molar refractivity (Wildman–Crippen MR) is 122 cm³/mol. The van der Waals surface area contributed by atoms with Gasteiger partial charge in [-0.2, -0.15) is 0 Å². The monoisotopic (exact) mass is 467 g/mol. The largest absolute Gasteiger partial charge is 0.352 e. The molecule has 0 radical (unpaired) electrons. The molecule has 0 bridgehead atoms. The Hall–Kier alpha value is -2.78. The van der Waals surface area contributed by atoms with E-state index in [0.717, 1.165) is 0 Å². The maximum atomic E-state index is 12.8. The maximum absolute atomic E-state index is 12.8. The van der Waals surface area contributed by atoms with Crippen LogP contribution in [-0.4, -0.2) is 59.8 Å². The van der Waals surface area contributed by atoms with Gasteiger partial charge in [0.2, 0.25) is 17.7 Å². The van der Waals surface area contributed by atoms with Crippen molar-refractivity contribution in [2.75, 3.05) is 13.1 Å². The molecule has 0 saturated carbocycles. The summed E-state index contributed by atoms with van der Waals surface area (Å²) >= 11 is 0. The van der Waals surface area contributed by atoms with Crippen LogP contribution >= 0.6 is 0 Å². The summed E-state index contributed by atoms with van der Waals surface area (Å²) in [6.07, 6.45) is 1.93. The number of nitrogens with one attached hydrogen (secondary N) is 2. The zero-order chi connectivity index (χ0) is 25.8. The number of nitrogens with zero attached hydrogens (tertiary/aromatic N) is 1. The minimum atomic E-state index is -0.856. The molecule has 1 saturated heterocycles. The number of nitrogens with two attached hydrogens (primary N) is 1. The van der Waals surface area contributed by atoms with E-state index < -0.39 is 24.3 Å². The van der Waals surface area contributed by atoms with Crippen molar-refractivity contribution in [3.63, 3.8) is 0 Å². The van der Waals surface area contributed by atoms with E-state index in [1.54, 1.807) is 20.8 Å². The summed E-state index contributed by atoms with van der Waals surface area (Å²) in [5, 5.41) is 5.14.